The third-order valence-corrected chi connectivity index (χ3v) is 3.99. The first kappa shape index (κ1) is 16.2. The van der Waals surface area contributed by atoms with Crippen molar-refractivity contribution >= 4 is 27.7 Å². The number of nitrogens with one attached hydrogen (secondary N) is 2. The minimum Gasteiger partial charge on any atom is -0.273 e. The number of carbonyl (C=O) groups is 2. The van der Waals surface area contributed by atoms with E-state index in [1.54, 1.807) is 18.2 Å². The molecule has 0 heterocycles. The van der Waals surface area contributed by atoms with Crippen molar-refractivity contribution in [2.45, 2.75) is 19.3 Å². The SMILES string of the molecule is CC(CC(=O)NNC(=O)c1ccccc1Br)c1ccccc1. The molecule has 0 saturated carbocycles. The Morgan fingerprint density at radius 2 is 1.64 bits per heavy atom. The first-order valence-electron chi connectivity index (χ1n) is 6.96. The molecule has 0 aliphatic heterocycles. The lowest BCUT2D eigenvalue weighted by Crippen LogP contribution is -2.42. The van der Waals surface area contributed by atoms with Crippen molar-refractivity contribution in [1.29, 1.82) is 0 Å². The second-order valence-electron chi connectivity index (χ2n) is 5.00. The Balaban J connectivity index is 1.85. The van der Waals surface area contributed by atoms with Crippen LogP contribution in [0.3, 0.4) is 0 Å². The van der Waals surface area contributed by atoms with E-state index in [1.165, 1.54) is 0 Å². The standard InChI is InChI=1S/C17H17BrN2O2/c1-12(13-7-3-2-4-8-13)11-16(21)19-20-17(22)14-9-5-6-10-15(14)18/h2-10,12H,11H2,1H3,(H,19,21)(H,20,22). The van der Waals surface area contributed by atoms with Gasteiger partial charge in [0.1, 0.15) is 0 Å². The van der Waals surface area contributed by atoms with Gasteiger partial charge in [0, 0.05) is 10.9 Å². The van der Waals surface area contributed by atoms with Crippen LogP contribution in [0, 0.1) is 0 Å². The predicted octanol–water partition coefficient (Wildman–Crippen LogP) is 3.40. The number of carbonyl (C=O) groups excluding carboxylic acids is 2. The summed E-state index contributed by atoms with van der Waals surface area (Å²) in [6.07, 6.45) is 0.306. The zero-order chi connectivity index (χ0) is 15.9. The summed E-state index contributed by atoms with van der Waals surface area (Å²) >= 11 is 3.30. The zero-order valence-electron chi connectivity index (χ0n) is 12.2. The quantitative estimate of drug-likeness (QED) is 0.820. The highest BCUT2D eigenvalue weighted by molar-refractivity contribution is 9.10. The molecule has 4 nitrogen and oxygen atoms in total. The fraction of sp³-hybridized carbons (Fsp3) is 0.176. The van der Waals surface area contributed by atoms with Crippen LogP contribution in [-0.4, -0.2) is 11.8 Å². The van der Waals surface area contributed by atoms with Crippen LogP contribution in [0.25, 0.3) is 0 Å². The number of hydrogen-bond donors (Lipinski definition) is 2. The van der Waals surface area contributed by atoms with Crippen LogP contribution in [0.2, 0.25) is 0 Å². The highest BCUT2D eigenvalue weighted by atomic mass is 79.9. The second kappa shape index (κ2) is 7.75. The molecule has 5 heteroatoms. The van der Waals surface area contributed by atoms with Gasteiger partial charge in [0.05, 0.1) is 5.56 Å². The summed E-state index contributed by atoms with van der Waals surface area (Å²) < 4.78 is 0.680. The van der Waals surface area contributed by atoms with E-state index < -0.39 is 0 Å². The van der Waals surface area contributed by atoms with Gasteiger partial charge in [-0.15, -0.1) is 0 Å². The molecule has 114 valence electrons. The smallest absolute Gasteiger partial charge is 0.270 e. The Morgan fingerprint density at radius 1 is 1.00 bits per heavy atom. The van der Waals surface area contributed by atoms with Gasteiger partial charge in [-0.3, -0.25) is 20.4 Å². The fourth-order valence-electron chi connectivity index (χ4n) is 2.07. The third kappa shape index (κ3) is 4.43. The van der Waals surface area contributed by atoms with E-state index in [2.05, 4.69) is 26.8 Å². The molecular weight excluding hydrogens is 344 g/mol. The normalized spacial score (nSPS) is 11.5. The van der Waals surface area contributed by atoms with Gasteiger partial charge in [-0.1, -0.05) is 49.4 Å². The van der Waals surface area contributed by atoms with Gasteiger partial charge in [0.15, 0.2) is 0 Å². The lowest BCUT2D eigenvalue weighted by molar-refractivity contribution is -0.122. The highest BCUT2D eigenvalue weighted by Crippen LogP contribution is 2.18. The molecular formula is C17H17BrN2O2. The van der Waals surface area contributed by atoms with E-state index in [0.717, 1.165) is 5.56 Å². The molecule has 0 spiro atoms. The van der Waals surface area contributed by atoms with Crippen molar-refractivity contribution in [2.24, 2.45) is 0 Å². The average Bonchev–Trinajstić information content (AvgIpc) is 2.54. The molecule has 0 fully saturated rings. The summed E-state index contributed by atoms with van der Waals surface area (Å²) in [6, 6.07) is 16.8. The van der Waals surface area contributed by atoms with E-state index in [-0.39, 0.29) is 17.7 Å². The van der Waals surface area contributed by atoms with E-state index in [4.69, 9.17) is 0 Å². The molecule has 0 aromatic heterocycles. The molecule has 2 N–H and O–H groups in total. The molecule has 2 amide bonds. The van der Waals surface area contributed by atoms with Crippen LogP contribution in [0.15, 0.2) is 59.1 Å². The highest BCUT2D eigenvalue weighted by Gasteiger charge is 2.13. The molecule has 2 rings (SSSR count). The number of hydrazine groups is 1. The van der Waals surface area contributed by atoms with Crippen LogP contribution in [-0.2, 0) is 4.79 Å². The molecule has 2 aromatic carbocycles. The van der Waals surface area contributed by atoms with Gasteiger partial charge >= 0.3 is 0 Å². The number of benzene rings is 2. The zero-order valence-corrected chi connectivity index (χ0v) is 13.8. The van der Waals surface area contributed by atoms with Crippen molar-refractivity contribution < 1.29 is 9.59 Å². The van der Waals surface area contributed by atoms with E-state index in [1.807, 2.05) is 43.3 Å². The van der Waals surface area contributed by atoms with E-state index in [9.17, 15) is 9.59 Å². The Hall–Kier alpha value is -2.14. The molecule has 0 radical (unpaired) electrons. The van der Waals surface area contributed by atoms with Gasteiger partial charge in [0.2, 0.25) is 5.91 Å². The Kier molecular flexibility index (Phi) is 5.72. The molecule has 2 aromatic rings. The molecule has 0 aliphatic rings. The van der Waals surface area contributed by atoms with Crippen molar-refractivity contribution in [3.8, 4) is 0 Å². The van der Waals surface area contributed by atoms with Gasteiger partial charge in [-0.2, -0.15) is 0 Å². The van der Waals surface area contributed by atoms with E-state index in [0.29, 0.717) is 16.5 Å². The summed E-state index contributed by atoms with van der Waals surface area (Å²) in [7, 11) is 0. The topological polar surface area (TPSA) is 58.2 Å². The van der Waals surface area contributed by atoms with Crippen molar-refractivity contribution in [2.75, 3.05) is 0 Å². The fourth-order valence-corrected chi connectivity index (χ4v) is 2.53. The van der Waals surface area contributed by atoms with E-state index >= 15 is 0 Å². The Morgan fingerprint density at radius 3 is 2.32 bits per heavy atom. The number of rotatable bonds is 4. The lowest BCUT2D eigenvalue weighted by Gasteiger charge is -2.13. The van der Waals surface area contributed by atoms with Gasteiger partial charge in [-0.25, -0.2) is 0 Å². The Bertz CT molecular complexity index is 659. The van der Waals surface area contributed by atoms with Crippen LogP contribution in [0.1, 0.15) is 35.2 Å². The first-order valence-corrected chi connectivity index (χ1v) is 7.76. The van der Waals surface area contributed by atoms with Crippen molar-refractivity contribution in [3.63, 3.8) is 0 Å². The number of hydrogen-bond acceptors (Lipinski definition) is 2. The predicted molar refractivity (Wildman–Crippen MR) is 89.2 cm³/mol. The van der Waals surface area contributed by atoms with Crippen LogP contribution in [0.4, 0.5) is 0 Å². The summed E-state index contributed by atoms with van der Waals surface area (Å²) in [6.45, 7) is 1.98. The largest absolute Gasteiger partial charge is 0.273 e. The molecule has 0 saturated heterocycles. The third-order valence-electron chi connectivity index (χ3n) is 3.29. The summed E-state index contributed by atoms with van der Waals surface area (Å²) in [5.74, 6) is -0.494. The number of amides is 2. The van der Waals surface area contributed by atoms with Gasteiger partial charge in [0.25, 0.3) is 5.91 Å². The monoisotopic (exact) mass is 360 g/mol. The molecule has 0 bridgehead atoms. The van der Waals surface area contributed by atoms with Crippen LogP contribution >= 0.6 is 15.9 Å². The minimum atomic E-state index is -0.354. The summed E-state index contributed by atoms with van der Waals surface area (Å²) in [5.41, 5.74) is 6.44. The molecule has 1 atom stereocenters. The minimum absolute atomic E-state index is 0.0848. The maximum absolute atomic E-state index is 12.0. The molecule has 1 unspecified atom stereocenters. The Labute approximate surface area is 138 Å². The average molecular weight is 361 g/mol. The number of halogens is 1. The lowest BCUT2D eigenvalue weighted by atomic mass is 9.98. The molecule has 22 heavy (non-hydrogen) atoms. The molecule has 0 aliphatic carbocycles. The first-order chi connectivity index (χ1) is 10.6. The van der Waals surface area contributed by atoms with Crippen LogP contribution in [0.5, 0.6) is 0 Å². The van der Waals surface area contributed by atoms with Crippen molar-refractivity contribution in [3.05, 3.63) is 70.2 Å². The second-order valence-corrected chi connectivity index (χ2v) is 5.85. The maximum atomic E-state index is 12.0. The summed E-state index contributed by atoms with van der Waals surface area (Å²) in [4.78, 5) is 23.9. The summed E-state index contributed by atoms with van der Waals surface area (Å²) in [5, 5.41) is 0. The van der Waals surface area contributed by atoms with Crippen LogP contribution < -0.4 is 10.9 Å². The maximum Gasteiger partial charge on any atom is 0.270 e. The van der Waals surface area contributed by atoms with Gasteiger partial charge in [-0.05, 0) is 39.5 Å². The van der Waals surface area contributed by atoms with Crippen molar-refractivity contribution in [1.82, 2.24) is 10.9 Å². The van der Waals surface area contributed by atoms with Gasteiger partial charge < -0.3 is 0 Å².